The van der Waals surface area contributed by atoms with Gasteiger partial charge in [0.15, 0.2) is 0 Å². The van der Waals surface area contributed by atoms with Gasteiger partial charge in [0.25, 0.3) is 0 Å². The predicted molar refractivity (Wildman–Crippen MR) is 44.2 cm³/mol. The maximum atomic E-state index is 9.55. The lowest BCUT2D eigenvalue weighted by molar-refractivity contribution is -0.231. The zero-order chi connectivity index (χ0) is 10.0. The summed E-state index contributed by atoms with van der Waals surface area (Å²) in [4.78, 5) is 0. The SMILES string of the molecule is COC1C(O)[C@H](C)OC(CO)[C@@H]1O. The first kappa shape index (κ1) is 10.9. The zero-order valence-corrected chi connectivity index (χ0v) is 7.75. The van der Waals surface area contributed by atoms with E-state index in [-0.39, 0.29) is 6.61 Å². The first-order valence-corrected chi connectivity index (χ1v) is 4.27. The van der Waals surface area contributed by atoms with Gasteiger partial charge in [0.1, 0.15) is 24.4 Å². The number of rotatable bonds is 2. The second-order valence-electron chi connectivity index (χ2n) is 3.24. The molecule has 3 unspecified atom stereocenters. The van der Waals surface area contributed by atoms with Crippen molar-refractivity contribution in [2.24, 2.45) is 0 Å². The molecule has 0 aromatic rings. The molecule has 0 aliphatic carbocycles. The molecule has 1 heterocycles. The van der Waals surface area contributed by atoms with Gasteiger partial charge in [-0.2, -0.15) is 0 Å². The minimum absolute atomic E-state index is 0.280. The third kappa shape index (κ3) is 2.00. The van der Waals surface area contributed by atoms with Gasteiger partial charge in [-0.05, 0) is 6.92 Å². The van der Waals surface area contributed by atoms with Crippen molar-refractivity contribution >= 4 is 0 Å². The lowest BCUT2D eigenvalue weighted by Crippen LogP contribution is -2.58. The number of methoxy groups -OCH3 is 1. The smallest absolute Gasteiger partial charge is 0.114 e. The van der Waals surface area contributed by atoms with E-state index in [0.717, 1.165) is 0 Å². The largest absolute Gasteiger partial charge is 0.394 e. The number of hydrogen-bond acceptors (Lipinski definition) is 5. The molecule has 0 saturated carbocycles. The standard InChI is InChI=1S/C8H16O5/c1-4-6(10)8(12-2)7(11)5(3-9)13-4/h4-11H,3H2,1-2H3/t4-,5?,6?,7-,8?/m0/s1. The molecule has 0 bridgehead atoms. The summed E-state index contributed by atoms with van der Waals surface area (Å²) in [5, 5.41) is 27.9. The molecule has 1 saturated heterocycles. The lowest BCUT2D eigenvalue weighted by atomic mass is 9.96. The van der Waals surface area contributed by atoms with Gasteiger partial charge >= 0.3 is 0 Å². The van der Waals surface area contributed by atoms with Crippen LogP contribution in [0.4, 0.5) is 0 Å². The monoisotopic (exact) mass is 192 g/mol. The zero-order valence-electron chi connectivity index (χ0n) is 7.75. The lowest BCUT2D eigenvalue weighted by Gasteiger charge is -2.40. The highest BCUT2D eigenvalue weighted by Crippen LogP contribution is 2.22. The molecule has 3 N–H and O–H groups in total. The summed E-state index contributed by atoms with van der Waals surface area (Å²) in [7, 11) is 1.41. The maximum Gasteiger partial charge on any atom is 0.114 e. The summed E-state index contributed by atoms with van der Waals surface area (Å²) >= 11 is 0. The van der Waals surface area contributed by atoms with E-state index in [1.54, 1.807) is 6.92 Å². The highest BCUT2D eigenvalue weighted by Gasteiger charge is 2.42. The van der Waals surface area contributed by atoms with E-state index in [1.165, 1.54) is 7.11 Å². The summed E-state index contributed by atoms with van der Waals surface area (Å²) in [6, 6.07) is 0. The average molecular weight is 192 g/mol. The number of hydrogen-bond donors (Lipinski definition) is 3. The fourth-order valence-corrected chi connectivity index (χ4v) is 1.55. The van der Waals surface area contributed by atoms with Crippen molar-refractivity contribution in [3.05, 3.63) is 0 Å². The molecule has 5 nitrogen and oxygen atoms in total. The molecule has 1 aliphatic heterocycles. The third-order valence-corrected chi connectivity index (χ3v) is 2.38. The molecule has 0 aromatic heterocycles. The Morgan fingerprint density at radius 3 is 2.38 bits per heavy atom. The highest BCUT2D eigenvalue weighted by atomic mass is 16.6. The molecule has 1 rings (SSSR count). The molecule has 0 amide bonds. The first-order valence-electron chi connectivity index (χ1n) is 4.27. The van der Waals surface area contributed by atoms with Crippen LogP contribution in [0.3, 0.4) is 0 Å². The minimum Gasteiger partial charge on any atom is -0.394 e. The van der Waals surface area contributed by atoms with Crippen molar-refractivity contribution < 1.29 is 24.8 Å². The van der Waals surface area contributed by atoms with E-state index in [9.17, 15) is 10.2 Å². The quantitative estimate of drug-likeness (QED) is 0.496. The highest BCUT2D eigenvalue weighted by molar-refractivity contribution is 4.91. The Kier molecular flexibility index (Phi) is 3.63. The van der Waals surface area contributed by atoms with Crippen molar-refractivity contribution in [3.8, 4) is 0 Å². The average Bonchev–Trinajstić information content (AvgIpc) is 2.12. The van der Waals surface area contributed by atoms with Gasteiger partial charge in [0, 0.05) is 7.11 Å². The van der Waals surface area contributed by atoms with Crippen LogP contribution in [0.15, 0.2) is 0 Å². The van der Waals surface area contributed by atoms with E-state index in [2.05, 4.69) is 0 Å². The predicted octanol–water partition coefficient (Wildman–Crippen LogP) is -1.50. The Morgan fingerprint density at radius 1 is 1.31 bits per heavy atom. The summed E-state index contributed by atoms with van der Waals surface area (Å²) in [6.45, 7) is 1.39. The molecule has 0 radical (unpaired) electrons. The Labute approximate surface area is 76.9 Å². The van der Waals surface area contributed by atoms with Crippen molar-refractivity contribution in [1.82, 2.24) is 0 Å². The summed E-state index contributed by atoms with van der Waals surface area (Å²) in [6.07, 6.45) is -3.65. The fourth-order valence-electron chi connectivity index (χ4n) is 1.55. The van der Waals surface area contributed by atoms with Gasteiger partial charge in [0.05, 0.1) is 12.7 Å². The van der Waals surface area contributed by atoms with Crippen molar-refractivity contribution in [1.29, 1.82) is 0 Å². The molecule has 5 atom stereocenters. The van der Waals surface area contributed by atoms with E-state index >= 15 is 0 Å². The van der Waals surface area contributed by atoms with Gasteiger partial charge < -0.3 is 24.8 Å². The Morgan fingerprint density at radius 2 is 1.92 bits per heavy atom. The van der Waals surface area contributed by atoms with Gasteiger partial charge in [-0.1, -0.05) is 0 Å². The molecule has 78 valence electrons. The maximum absolute atomic E-state index is 9.55. The molecule has 0 spiro atoms. The number of aliphatic hydroxyl groups is 3. The van der Waals surface area contributed by atoms with Crippen molar-refractivity contribution in [3.63, 3.8) is 0 Å². The van der Waals surface area contributed by atoms with Crippen LogP contribution in [-0.2, 0) is 9.47 Å². The Hall–Kier alpha value is -0.200. The summed E-state index contributed by atoms with van der Waals surface area (Å²) in [5.41, 5.74) is 0. The molecular weight excluding hydrogens is 176 g/mol. The topological polar surface area (TPSA) is 79.2 Å². The minimum atomic E-state index is -0.985. The summed E-state index contributed by atoms with van der Waals surface area (Å²) in [5.74, 6) is 0. The molecule has 0 aromatic carbocycles. The van der Waals surface area contributed by atoms with Crippen LogP contribution in [0.1, 0.15) is 6.92 Å². The first-order chi connectivity index (χ1) is 6.11. The van der Waals surface area contributed by atoms with Crippen molar-refractivity contribution in [2.45, 2.75) is 37.4 Å². The van der Waals surface area contributed by atoms with Crippen LogP contribution in [0, 0.1) is 0 Å². The van der Waals surface area contributed by atoms with Crippen LogP contribution in [-0.4, -0.2) is 59.6 Å². The van der Waals surface area contributed by atoms with Crippen molar-refractivity contribution in [2.75, 3.05) is 13.7 Å². The van der Waals surface area contributed by atoms with Gasteiger partial charge in [-0.3, -0.25) is 0 Å². The van der Waals surface area contributed by atoms with Crippen LogP contribution < -0.4 is 0 Å². The summed E-state index contributed by atoms with van der Waals surface area (Å²) < 4.78 is 10.1. The Bertz CT molecular complexity index is 163. The van der Waals surface area contributed by atoms with E-state index < -0.39 is 30.5 Å². The third-order valence-electron chi connectivity index (χ3n) is 2.38. The number of aliphatic hydroxyl groups excluding tert-OH is 3. The second kappa shape index (κ2) is 4.34. The van der Waals surface area contributed by atoms with Crippen LogP contribution >= 0.6 is 0 Å². The second-order valence-corrected chi connectivity index (χ2v) is 3.24. The van der Waals surface area contributed by atoms with Gasteiger partial charge in [-0.15, -0.1) is 0 Å². The fraction of sp³-hybridized carbons (Fsp3) is 1.00. The van der Waals surface area contributed by atoms with Crippen LogP contribution in [0.5, 0.6) is 0 Å². The van der Waals surface area contributed by atoms with Gasteiger partial charge in [0.2, 0.25) is 0 Å². The van der Waals surface area contributed by atoms with Gasteiger partial charge in [-0.25, -0.2) is 0 Å². The Balaban J connectivity index is 2.69. The number of ether oxygens (including phenoxy) is 2. The molecule has 13 heavy (non-hydrogen) atoms. The molecule has 5 heteroatoms. The van der Waals surface area contributed by atoms with Crippen LogP contribution in [0.25, 0.3) is 0 Å². The van der Waals surface area contributed by atoms with E-state index in [0.29, 0.717) is 0 Å². The van der Waals surface area contributed by atoms with E-state index in [1.807, 2.05) is 0 Å². The van der Waals surface area contributed by atoms with Crippen LogP contribution in [0.2, 0.25) is 0 Å². The normalized spacial score (nSPS) is 46.4. The molecule has 1 fully saturated rings. The molecular formula is C8H16O5. The van der Waals surface area contributed by atoms with E-state index in [4.69, 9.17) is 14.6 Å². The molecule has 1 aliphatic rings.